The van der Waals surface area contributed by atoms with Crippen LogP contribution < -0.4 is 10.1 Å². The van der Waals surface area contributed by atoms with Crippen LogP contribution in [0.1, 0.15) is 45.1 Å². The number of nitrogens with zero attached hydrogens (tertiary/aromatic N) is 1. The molecule has 3 nitrogen and oxygen atoms in total. The van der Waals surface area contributed by atoms with E-state index in [0.717, 1.165) is 31.5 Å². The Kier molecular flexibility index (Phi) is 7.04. The summed E-state index contributed by atoms with van der Waals surface area (Å²) in [6, 6.07) is 9.28. The highest BCUT2D eigenvalue weighted by molar-refractivity contribution is 5.27. The second kappa shape index (κ2) is 9.06. The molecule has 0 amide bonds. The Labute approximate surface area is 129 Å². The van der Waals surface area contributed by atoms with Crippen molar-refractivity contribution in [3.05, 3.63) is 29.8 Å². The first-order chi connectivity index (χ1) is 10.3. The van der Waals surface area contributed by atoms with Gasteiger partial charge in [-0.15, -0.1) is 0 Å². The van der Waals surface area contributed by atoms with Crippen LogP contribution in [0.2, 0.25) is 0 Å². The van der Waals surface area contributed by atoms with E-state index in [2.05, 4.69) is 48.3 Å². The van der Waals surface area contributed by atoms with Gasteiger partial charge in [0.2, 0.25) is 0 Å². The van der Waals surface area contributed by atoms with Crippen LogP contribution in [0.5, 0.6) is 5.75 Å². The lowest BCUT2D eigenvalue weighted by molar-refractivity contribution is 0.209. The lowest BCUT2D eigenvalue weighted by Gasteiger charge is -2.20. The summed E-state index contributed by atoms with van der Waals surface area (Å²) in [4.78, 5) is 2.48. The van der Waals surface area contributed by atoms with Crippen LogP contribution in [-0.2, 0) is 6.54 Å². The Hall–Kier alpha value is -1.06. The van der Waals surface area contributed by atoms with Crippen molar-refractivity contribution in [1.29, 1.82) is 0 Å². The standard InChI is InChI=1S/C18H30N2O/c1-3-11-20(12-4-2)13-14-21-18-9-5-16(6-10-18)15-19-17-7-8-17/h5-6,9-10,17,19H,3-4,7-8,11-15H2,1-2H3. The number of nitrogens with one attached hydrogen (secondary N) is 1. The van der Waals surface area contributed by atoms with Crippen molar-refractivity contribution in [1.82, 2.24) is 10.2 Å². The third kappa shape index (κ3) is 6.49. The number of hydrogen-bond acceptors (Lipinski definition) is 3. The SMILES string of the molecule is CCCN(CCC)CCOc1ccc(CNC2CC2)cc1. The Morgan fingerprint density at radius 2 is 1.71 bits per heavy atom. The molecule has 1 saturated carbocycles. The van der Waals surface area contributed by atoms with Crippen LogP contribution in [0.4, 0.5) is 0 Å². The molecule has 0 radical (unpaired) electrons. The minimum atomic E-state index is 0.768. The summed E-state index contributed by atoms with van der Waals surface area (Å²) in [5, 5.41) is 3.53. The van der Waals surface area contributed by atoms with Gasteiger partial charge in [0.25, 0.3) is 0 Å². The summed E-state index contributed by atoms with van der Waals surface area (Å²) in [6.07, 6.45) is 5.10. The van der Waals surface area contributed by atoms with Crippen molar-refractivity contribution in [2.45, 2.75) is 52.1 Å². The topological polar surface area (TPSA) is 24.5 Å². The first-order valence-corrected chi connectivity index (χ1v) is 8.49. The molecule has 0 aliphatic heterocycles. The molecule has 1 aliphatic rings. The quantitative estimate of drug-likeness (QED) is 0.675. The molecule has 0 bridgehead atoms. The van der Waals surface area contributed by atoms with Gasteiger partial charge in [0.1, 0.15) is 12.4 Å². The van der Waals surface area contributed by atoms with Crippen LogP contribution in [0, 0.1) is 0 Å². The molecule has 1 aliphatic carbocycles. The number of rotatable bonds is 11. The normalized spacial score (nSPS) is 14.6. The van der Waals surface area contributed by atoms with E-state index in [-0.39, 0.29) is 0 Å². The number of hydrogen-bond donors (Lipinski definition) is 1. The highest BCUT2D eigenvalue weighted by atomic mass is 16.5. The highest BCUT2D eigenvalue weighted by Crippen LogP contribution is 2.19. The summed E-state index contributed by atoms with van der Waals surface area (Å²) in [6.45, 7) is 9.58. The summed E-state index contributed by atoms with van der Waals surface area (Å²) in [7, 11) is 0. The molecule has 0 aromatic heterocycles. The molecule has 1 N–H and O–H groups in total. The van der Waals surface area contributed by atoms with Crippen molar-refractivity contribution in [3.63, 3.8) is 0 Å². The van der Waals surface area contributed by atoms with Gasteiger partial charge in [0.05, 0.1) is 0 Å². The minimum Gasteiger partial charge on any atom is -0.492 e. The van der Waals surface area contributed by atoms with Crippen LogP contribution in [0.25, 0.3) is 0 Å². The fraction of sp³-hybridized carbons (Fsp3) is 0.667. The van der Waals surface area contributed by atoms with Gasteiger partial charge >= 0.3 is 0 Å². The van der Waals surface area contributed by atoms with E-state index in [1.54, 1.807) is 0 Å². The van der Waals surface area contributed by atoms with Crippen LogP contribution in [0.15, 0.2) is 24.3 Å². The molecule has 0 heterocycles. The maximum atomic E-state index is 5.86. The molecule has 21 heavy (non-hydrogen) atoms. The minimum absolute atomic E-state index is 0.768. The molecule has 3 heteroatoms. The lowest BCUT2D eigenvalue weighted by atomic mass is 10.2. The Morgan fingerprint density at radius 1 is 1.05 bits per heavy atom. The van der Waals surface area contributed by atoms with Crippen molar-refractivity contribution in [2.24, 2.45) is 0 Å². The van der Waals surface area contributed by atoms with Crippen molar-refractivity contribution < 1.29 is 4.74 Å². The van der Waals surface area contributed by atoms with E-state index >= 15 is 0 Å². The van der Waals surface area contributed by atoms with Crippen LogP contribution in [0.3, 0.4) is 0 Å². The molecular weight excluding hydrogens is 260 g/mol. The van der Waals surface area contributed by atoms with Crippen LogP contribution >= 0.6 is 0 Å². The highest BCUT2D eigenvalue weighted by Gasteiger charge is 2.19. The molecule has 1 aromatic carbocycles. The fourth-order valence-corrected chi connectivity index (χ4v) is 2.51. The molecule has 118 valence electrons. The maximum absolute atomic E-state index is 5.86. The molecule has 0 unspecified atom stereocenters. The summed E-state index contributed by atoms with van der Waals surface area (Å²) < 4.78 is 5.86. The molecule has 1 aromatic rings. The molecular formula is C18H30N2O. The zero-order valence-corrected chi connectivity index (χ0v) is 13.6. The predicted molar refractivity (Wildman–Crippen MR) is 88.8 cm³/mol. The van der Waals surface area contributed by atoms with E-state index in [1.165, 1.54) is 44.3 Å². The van der Waals surface area contributed by atoms with Crippen LogP contribution in [-0.4, -0.2) is 37.2 Å². The first kappa shape index (κ1) is 16.3. The number of benzene rings is 1. The zero-order valence-electron chi connectivity index (χ0n) is 13.6. The molecule has 0 spiro atoms. The summed E-state index contributed by atoms with van der Waals surface area (Å²) in [5.74, 6) is 0.984. The summed E-state index contributed by atoms with van der Waals surface area (Å²) in [5.41, 5.74) is 1.34. The van der Waals surface area contributed by atoms with Gasteiger partial charge in [0.15, 0.2) is 0 Å². The van der Waals surface area contributed by atoms with E-state index < -0.39 is 0 Å². The monoisotopic (exact) mass is 290 g/mol. The second-order valence-electron chi connectivity index (χ2n) is 5.99. The number of ether oxygens (including phenoxy) is 1. The fourth-order valence-electron chi connectivity index (χ4n) is 2.51. The molecule has 1 fully saturated rings. The van der Waals surface area contributed by atoms with E-state index in [4.69, 9.17) is 4.74 Å². The Bertz CT molecular complexity index is 381. The van der Waals surface area contributed by atoms with Gasteiger partial charge in [-0.3, -0.25) is 4.90 Å². The van der Waals surface area contributed by atoms with E-state index in [9.17, 15) is 0 Å². The Balaban J connectivity index is 1.67. The van der Waals surface area contributed by atoms with Gasteiger partial charge < -0.3 is 10.1 Å². The van der Waals surface area contributed by atoms with E-state index in [1.807, 2.05) is 0 Å². The zero-order chi connectivity index (χ0) is 14.9. The maximum Gasteiger partial charge on any atom is 0.119 e. The molecule has 0 saturated heterocycles. The second-order valence-corrected chi connectivity index (χ2v) is 5.99. The Morgan fingerprint density at radius 3 is 2.29 bits per heavy atom. The average Bonchev–Trinajstić information content (AvgIpc) is 3.31. The largest absolute Gasteiger partial charge is 0.492 e. The third-order valence-corrected chi connectivity index (χ3v) is 3.85. The van der Waals surface area contributed by atoms with Crippen molar-refractivity contribution in [2.75, 3.05) is 26.2 Å². The lowest BCUT2D eigenvalue weighted by Crippen LogP contribution is -2.30. The third-order valence-electron chi connectivity index (χ3n) is 3.85. The van der Waals surface area contributed by atoms with E-state index in [0.29, 0.717) is 0 Å². The van der Waals surface area contributed by atoms with Gasteiger partial charge in [0, 0.05) is 19.1 Å². The van der Waals surface area contributed by atoms with Gasteiger partial charge in [-0.2, -0.15) is 0 Å². The van der Waals surface area contributed by atoms with Crippen molar-refractivity contribution in [3.8, 4) is 5.75 Å². The van der Waals surface area contributed by atoms with Crippen molar-refractivity contribution >= 4 is 0 Å². The molecule has 0 atom stereocenters. The first-order valence-electron chi connectivity index (χ1n) is 8.49. The van der Waals surface area contributed by atoms with Gasteiger partial charge in [-0.1, -0.05) is 26.0 Å². The van der Waals surface area contributed by atoms with Gasteiger partial charge in [-0.25, -0.2) is 0 Å². The molecule has 2 rings (SSSR count). The smallest absolute Gasteiger partial charge is 0.119 e. The van der Waals surface area contributed by atoms with Gasteiger partial charge in [-0.05, 0) is 56.5 Å². The average molecular weight is 290 g/mol. The summed E-state index contributed by atoms with van der Waals surface area (Å²) >= 11 is 0. The predicted octanol–water partition coefficient (Wildman–Crippen LogP) is 3.44.